The lowest BCUT2D eigenvalue weighted by Gasteiger charge is -2.25. The zero-order valence-corrected chi connectivity index (χ0v) is 5.10. The molecule has 0 N–H and O–H groups in total. The molecule has 0 aromatic rings. The highest BCUT2D eigenvalue weighted by Crippen LogP contribution is 2.15. The molecular formula is C7H12O. The van der Waals surface area contributed by atoms with Crippen molar-refractivity contribution < 1.29 is 4.74 Å². The van der Waals surface area contributed by atoms with Gasteiger partial charge in [-0.1, -0.05) is 6.08 Å². The standard InChI is InChI=1S/C7H12O/c1-2-3-4-7-5-6-8-7/h2,7H,1,3-6H2. The Bertz CT molecular complexity index is 74.5. The topological polar surface area (TPSA) is 9.23 Å². The van der Waals surface area contributed by atoms with Crippen molar-refractivity contribution in [2.75, 3.05) is 6.61 Å². The van der Waals surface area contributed by atoms with E-state index in [0.29, 0.717) is 6.10 Å². The maximum Gasteiger partial charge on any atom is 0.0600 e. The molecule has 0 radical (unpaired) electrons. The minimum absolute atomic E-state index is 0.563. The first kappa shape index (κ1) is 5.83. The van der Waals surface area contributed by atoms with Gasteiger partial charge in [0, 0.05) is 6.61 Å². The van der Waals surface area contributed by atoms with Gasteiger partial charge in [-0.05, 0) is 19.3 Å². The van der Waals surface area contributed by atoms with E-state index in [1.54, 1.807) is 0 Å². The lowest BCUT2D eigenvalue weighted by Crippen LogP contribution is -2.26. The van der Waals surface area contributed by atoms with Gasteiger partial charge in [-0.25, -0.2) is 0 Å². The summed E-state index contributed by atoms with van der Waals surface area (Å²) in [5, 5.41) is 0. The molecule has 1 saturated heterocycles. The predicted molar refractivity (Wildman–Crippen MR) is 33.8 cm³/mol. The first-order valence-corrected chi connectivity index (χ1v) is 3.16. The molecule has 1 fully saturated rings. The molecule has 1 rings (SSSR count). The van der Waals surface area contributed by atoms with Gasteiger partial charge in [0.05, 0.1) is 6.10 Å². The van der Waals surface area contributed by atoms with Crippen LogP contribution in [-0.2, 0) is 4.74 Å². The van der Waals surface area contributed by atoms with Gasteiger partial charge in [0.15, 0.2) is 0 Å². The lowest BCUT2D eigenvalue weighted by atomic mass is 10.1. The van der Waals surface area contributed by atoms with Crippen molar-refractivity contribution in [1.82, 2.24) is 0 Å². The summed E-state index contributed by atoms with van der Waals surface area (Å²) < 4.78 is 5.18. The van der Waals surface area contributed by atoms with Crippen LogP contribution in [0.1, 0.15) is 19.3 Å². The zero-order valence-electron chi connectivity index (χ0n) is 5.10. The minimum Gasteiger partial charge on any atom is -0.378 e. The van der Waals surface area contributed by atoms with E-state index < -0.39 is 0 Å². The average Bonchev–Trinajstić information content (AvgIpc) is 1.63. The van der Waals surface area contributed by atoms with Gasteiger partial charge in [0.2, 0.25) is 0 Å². The summed E-state index contributed by atoms with van der Waals surface area (Å²) >= 11 is 0. The van der Waals surface area contributed by atoms with Crippen molar-refractivity contribution in [2.24, 2.45) is 0 Å². The second-order valence-corrected chi connectivity index (χ2v) is 2.15. The molecule has 0 aromatic carbocycles. The molecule has 0 bridgehead atoms. The molecule has 0 spiro atoms. The van der Waals surface area contributed by atoms with Gasteiger partial charge < -0.3 is 4.74 Å². The number of rotatable bonds is 3. The van der Waals surface area contributed by atoms with Crippen LogP contribution in [0.15, 0.2) is 12.7 Å². The van der Waals surface area contributed by atoms with Crippen molar-refractivity contribution >= 4 is 0 Å². The molecule has 0 aliphatic carbocycles. The number of hydrogen-bond acceptors (Lipinski definition) is 1. The van der Waals surface area contributed by atoms with Crippen molar-refractivity contribution in [3.8, 4) is 0 Å². The van der Waals surface area contributed by atoms with Gasteiger partial charge in [-0.15, -0.1) is 6.58 Å². The monoisotopic (exact) mass is 112 g/mol. The molecule has 0 aromatic heterocycles. The van der Waals surface area contributed by atoms with Gasteiger partial charge in [0.1, 0.15) is 0 Å². The molecule has 1 heteroatoms. The Labute approximate surface area is 50.3 Å². The van der Waals surface area contributed by atoms with Crippen LogP contribution in [-0.4, -0.2) is 12.7 Å². The van der Waals surface area contributed by atoms with Crippen LogP contribution < -0.4 is 0 Å². The summed E-state index contributed by atoms with van der Waals surface area (Å²) in [6, 6.07) is 0. The Morgan fingerprint density at radius 3 is 2.88 bits per heavy atom. The second-order valence-electron chi connectivity index (χ2n) is 2.15. The van der Waals surface area contributed by atoms with Crippen LogP contribution in [0, 0.1) is 0 Å². The summed E-state index contributed by atoms with van der Waals surface area (Å²) in [4.78, 5) is 0. The molecule has 1 heterocycles. The normalized spacial score (nSPS) is 26.8. The van der Waals surface area contributed by atoms with Crippen molar-refractivity contribution in [3.05, 3.63) is 12.7 Å². The largest absolute Gasteiger partial charge is 0.378 e. The third kappa shape index (κ3) is 1.34. The first-order valence-electron chi connectivity index (χ1n) is 3.16. The van der Waals surface area contributed by atoms with E-state index in [1.807, 2.05) is 6.08 Å². The lowest BCUT2D eigenvalue weighted by molar-refractivity contribution is -0.0537. The van der Waals surface area contributed by atoms with Gasteiger partial charge in [-0.2, -0.15) is 0 Å². The highest BCUT2D eigenvalue weighted by Gasteiger charge is 2.15. The summed E-state index contributed by atoms with van der Waals surface area (Å²) in [6.45, 7) is 4.61. The maximum absolute atomic E-state index is 5.18. The summed E-state index contributed by atoms with van der Waals surface area (Å²) in [5.74, 6) is 0. The van der Waals surface area contributed by atoms with Crippen LogP contribution in [0.3, 0.4) is 0 Å². The van der Waals surface area contributed by atoms with Crippen LogP contribution in [0.4, 0.5) is 0 Å². The SMILES string of the molecule is C=CCCC1CCO1. The molecular weight excluding hydrogens is 100 g/mol. The van der Waals surface area contributed by atoms with E-state index in [9.17, 15) is 0 Å². The smallest absolute Gasteiger partial charge is 0.0600 e. The molecule has 8 heavy (non-hydrogen) atoms. The predicted octanol–water partition coefficient (Wildman–Crippen LogP) is 1.74. The number of allylic oxidation sites excluding steroid dienone is 1. The summed E-state index contributed by atoms with van der Waals surface area (Å²) in [5.41, 5.74) is 0. The third-order valence-corrected chi connectivity index (χ3v) is 1.49. The van der Waals surface area contributed by atoms with Crippen molar-refractivity contribution in [2.45, 2.75) is 25.4 Å². The number of ether oxygens (including phenoxy) is 1. The van der Waals surface area contributed by atoms with E-state index in [0.717, 1.165) is 13.0 Å². The minimum atomic E-state index is 0.563. The average molecular weight is 112 g/mol. The molecule has 1 unspecified atom stereocenters. The van der Waals surface area contributed by atoms with Crippen molar-refractivity contribution in [1.29, 1.82) is 0 Å². The zero-order chi connectivity index (χ0) is 5.82. The van der Waals surface area contributed by atoms with Crippen LogP contribution >= 0.6 is 0 Å². The van der Waals surface area contributed by atoms with Crippen molar-refractivity contribution in [3.63, 3.8) is 0 Å². The van der Waals surface area contributed by atoms with Crippen LogP contribution in [0.5, 0.6) is 0 Å². The Morgan fingerprint density at radius 2 is 2.50 bits per heavy atom. The van der Waals surface area contributed by atoms with E-state index in [4.69, 9.17) is 4.74 Å². The fourth-order valence-electron chi connectivity index (χ4n) is 0.816. The number of hydrogen-bond donors (Lipinski definition) is 0. The van der Waals surface area contributed by atoms with E-state index in [-0.39, 0.29) is 0 Å². The van der Waals surface area contributed by atoms with E-state index >= 15 is 0 Å². The maximum atomic E-state index is 5.18. The third-order valence-electron chi connectivity index (χ3n) is 1.49. The highest BCUT2D eigenvalue weighted by atomic mass is 16.5. The first-order chi connectivity index (χ1) is 3.93. The van der Waals surface area contributed by atoms with E-state index in [2.05, 4.69) is 6.58 Å². The summed E-state index contributed by atoms with van der Waals surface area (Å²) in [6.07, 6.45) is 6.04. The molecule has 46 valence electrons. The van der Waals surface area contributed by atoms with Gasteiger partial charge >= 0.3 is 0 Å². The summed E-state index contributed by atoms with van der Waals surface area (Å²) in [7, 11) is 0. The highest BCUT2D eigenvalue weighted by molar-refractivity contribution is 4.73. The van der Waals surface area contributed by atoms with E-state index in [1.165, 1.54) is 12.8 Å². The Morgan fingerprint density at radius 1 is 1.75 bits per heavy atom. The fraction of sp³-hybridized carbons (Fsp3) is 0.714. The van der Waals surface area contributed by atoms with Crippen LogP contribution in [0.2, 0.25) is 0 Å². The molecule has 1 aliphatic heterocycles. The van der Waals surface area contributed by atoms with Gasteiger partial charge in [0.25, 0.3) is 0 Å². The second kappa shape index (κ2) is 2.88. The quantitative estimate of drug-likeness (QED) is 0.505. The Kier molecular flexibility index (Phi) is 2.10. The molecule has 0 saturated carbocycles. The molecule has 1 aliphatic rings. The Balaban J connectivity index is 1.93. The van der Waals surface area contributed by atoms with Crippen LogP contribution in [0.25, 0.3) is 0 Å². The fourth-order valence-corrected chi connectivity index (χ4v) is 0.816. The molecule has 0 amide bonds. The van der Waals surface area contributed by atoms with Gasteiger partial charge in [-0.3, -0.25) is 0 Å². The molecule has 1 atom stereocenters. The molecule has 1 nitrogen and oxygen atoms in total. The Hall–Kier alpha value is -0.300.